The van der Waals surface area contributed by atoms with Gasteiger partial charge in [0.05, 0.1) is 0 Å². The van der Waals surface area contributed by atoms with Crippen LogP contribution in [0.4, 0.5) is 0 Å². The number of hydrogen-bond acceptors (Lipinski definition) is 1. The van der Waals surface area contributed by atoms with Crippen LogP contribution in [0.2, 0.25) is 0 Å². The van der Waals surface area contributed by atoms with Gasteiger partial charge in [-0.25, -0.2) is 0 Å². The van der Waals surface area contributed by atoms with Crippen LogP contribution >= 0.6 is 0 Å². The molecule has 0 aliphatic carbocycles. The van der Waals surface area contributed by atoms with Crippen molar-refractivity contribution in [3.8, 4) is 0 Å². The van der Waals surface area contributed by atoms with E-state index in [1.807, 2.05) is 0 Å². The molecule has 0 saturated carbocycles. The van der Waals surface area contributed by atoms with E-state index in [4.69, 9.17) is 0 Å². The molecule has 2 nitrogen and oxygen atoms in total. The summed E-state index contributed by atoms with van der Waals surface area (Å²) in [6.45, 7) is 8.33. The summed E-state index contributed by atoms with van der Waals surface area (Å²) in [4.78, 5) is 14.2. The highest BCUT2D eigenvalue weighted by atomic mass is 16.2. The average molecular weight is 620 g/mol. The van der Waals surface area contributed by atoms with Crippen LogP contribution in [0.3, 0.4) is 0 Å². The maximum atomic E-state index is 12.1. The van der Waals surface area contributed by atoms with Crippen molar-refractivity contribution in [2.45, 2.75) is 252 Å². The Balaban J connectivity index is 3.35. The van der Waals surface area contributed by atoms with Crippen LogP contribution < -0.4 is 0 Å². The summed E-state index contributed by atoms with van der Waals surface area (Å²) in [7, 11) is 0. The van der Waals surface area contributed by atoms with E-state index in [1.165, 1.54) is 231 Å². The van der Waals surface area contributed by atoms with Crippen LogP contribution in [0.1, 0.15) is 252 Å². The second kappa shape index (κ2) is 38.7. The van der Waals surface area contributed by atoms with E-state index in [-0.39, 0.29) is 5.91 Å². The summed E-state index contributed by atoms with van der Waals surface area (Å²) in [5, 5.41) is 0. The lowest BCUT2D eigenvalue weighted by Gasteiger charge is -2.21. The van der Waals surface area contributed by atoms with Crippen molar-refractivity contribution in [2.75, 3.05) is 13.1 Å². The van der Waals surface area contributed by atoms with Crippen LogP contribution in [0.15, 0.2) is 0 Å². The predicted molar refractivity (Wildman–Crippen MR) is 200 cm³/mol. The first-order valence-corrected chi connectivity index (χ1v) is 21.0. The van der Waals surface area contributed by atoms with Crippen molar-refractivity contribution >= 4 is 5.91 Å². The minimum Gasteiger partial charge on any atom is -0.343 e. The van der Waals surface area contributed by atoms with Gasteiger partial charge in [0.2, 0.25) is 5.91 Å². The molecule has 0 atom stereocenters. The predicted octanol–water partition coefficient (Wildman–Crippen LogP) is 14.9. The second-order valence-corrected chi connectivity index (χ2v) is 14.5. The molecular weight excluding hydrogens is 534 g/mol. The van der Waals surface area contributed by atoms with Crippen LogP contribution in [-0.2, 0) is 4.79 Å². The monoisotopic (exact) mass is 620 g/mol. The van der Waals surface area contributed by atoms with Gasteiger partial charge in [0, 0.05) is 20.0 Å². The number of rotatable bonds is 38. The molecule has 0 spiro atoms. The van der Waals surface area contributed by atoms with Crippen molar-refractivity contribution < 1.29 is 4.79 Å². The molecule has 2 heteroatoms. The highest BCUT2D eigenvalue weighted by Gasteiger charge is 2.07. The zero-order valence-corrected chi connectivity index (χ0v) is 31.2. The number of carbonyl (C=O) groups is 1. The number of nitrogens with zero attached hydrogens (tertiary/aromatic N) is 1. The van der Waals surface area contributed by atoms with E-state index < -0.39 is 0 Å². The van der Waals surface area contributed by atoms with Gasteiger partial charge in [0.15, 0.2) is 0 Å². The SMILES string of the molecule is CCCCCCCCCCCCCCCCCCCCN(CCCCCCCCCCCCCCCCCCCC)C(C)=O. The largest absolute Gasteiger partial charge is 0.343 e. The van der Waals surface area contributed by atoms with Gasteiger partial charge in [-0.1, -0.05) is 232 Å². The third kappa shape index (κ3) is 35.9. The summed E-state index contributed by atoms with van der Waals surface area (Å²) in [6, 6.07) is 0. The fourth-order valence-corrected chi connectivity index (χ4v) is 6.84. The molecule has 0 aliphatic rings. The van der Waals surface area contributed by atoms with Gasteiger partial charge < -0.3 is 4.90 Å². The Morgan fingerprint density at radius 1 is 0.295 bits per heavy atom. The fraction of sp³-hybridized carbons (Fsp3) is 0.976. The zero-order valence-electron chi connectivity index (χ0n) is 31.2. The molecule has 0 bridgehead atoms. The Morgan fingerprint density at radius 2 is 0.455 bits per heavy atom. The first-order valence-electron chi connectivity index (χ1n) is 21.0. The fourth-order valence-electron chi connectivity index (χ4n) is 6.84. The molecule has 1 amide bonds. The summed E-state index contributed by atoms with van der Waals surface area (Å²) in [5.41, 5.74) is 0. The lowest BCUT2D eigenvalue weighted by atomic mass is 10.0. The number of carbonyl (C=O) groups excluding carboxylic acids is 1. The van der Waals surface area contributed by atoms with Crippen molar-refractivity contribution in [3.05, 3.63) is 0 Å². The van der Waals surface area contributed by atoms with Gasteiger partial charge in [-0.05, 0) is 12.8 Å². The minimum atomic E-state index is 0.281. The summed E-state index contributed by atoms with van der Waals surface area (Å²) >= 11 is 0. The van der Waals surface area contributed by atoms with Crippen LogP contribution in [0, 0.1) is 0 Å². The molecule has 0 heterocycles. The zero-order chi connectivity index (χ0) is 32.0. The van der Waals surface area contributed by atoms with Gasteiger partial charge in [0.25, 0.3) is 0 Å². The van der Waals surface area contributed by atoms with Crippen molar-refractivity contribution in [1.29, 1.82) is 0 Å². The molecule has 0 radical (unpaired) electrons. The molecule has 0 aliphatic heterocycles. The first-order chi connectivity index (χ1) is 21.7. The van der Waals surface area contributed by atoms with E-state index in [1.54, 1.807) is 6.92 Å². The summed E-state index contributed by atoms with van der Waals surface area (Å²) in [5.74, 6) is 0.281. The van der Waals surface area contributed by atoms with Crippen molar-refractivity contribution in [3.63, 3.8) is 0 Å². The molecule has 0 aromatic heterocycles. The number of amides is 1. The van der Waals surface area contributed by atoms with E-state index >= 15 is 0 Å². The highest BCUT2D eigenvalue weighted by Crippen LogP contribution is 2.16. The van der Waals surface area contributed by atoms with E-state index in [2.05, 4.69) is 18.7 Å². The van der Waals surface area contributed by atoms with E-state index in [0.29, 0.717) is 0 Å². The Bertz CT molecular complexity index is 492. The third-order valence-electron chi connectivity index (χ3n) is 10.0. The molecule has 0 fully saturated rings. The van der Waals surface area contributed by atoms with E-state index in [9.17, 15) is 4.79 Å². The average Bonchev–Trinajstić information content (AvgIpc) is 3.02. The Hall–Kier alpha value is -0.530. The molecule has 264 valence electrons. The molecule has 0 N–H and O–H groups in total. The lowest BCUT2D eigenvalue weighted by molar-refractivity contribution is -0.129. The molecule has 0 unspecified atom stereocenters. The van der Waals surface area contributed by atoms with Gasteiger partial charge in [0.1, 0.15) is 0 Å². The normalized spacial score (nSPS) is 11.4. The Labute approximate surface area is 280 Å². The number of hydrogen-bond donors (Lipinski definition) is 0. The molecule has 0 saturated heterocycles. The maximum Gasteiger partial charge on any atom is 0.219 e. The minimum absolute atomic E-state index is 0.281. The molecule has 0 aromatic rings. The van der Waals surface area contributed by atoms with Gasteiger partial charge in [-0.2, -0.15) is 0 Å². The van der Waals surface area contributed by atoms with Crippen LogP contribution in [0.25, 0.3) is 0 Å². The van der Waals surface area contributed by atoms with Gasteiger partial charge in [-0.3, -0.25) is 4.79 Å². The highest BCUT2D eigenvalue weighted by molar-refractivity contribution is 5.73. The second-order valence-electron chi connectivity index (χ2n) is 14.5. The van der Waals surface area contributed by atoms with Gasteiger partial charge in [-0.15, -0.1) is 0 Å². The van der Waals surface area contributed by atoms with Crippen LogP contribution in [0.5, 0.6) is 0 Å². The summed E-state index contributed by atoms with van der Waals surface area (Å²) in [6.07, 6.45) is 50.8. The Kier molecular flexibility index (Phi) is 38.2. The van der Waals surface area contributed by atoms with E-state index in [0.717, 1.165) is 13.1 Å². The van der Waals surface area contributed by atoms with Crippen LogP contribution in [-0.4, -0.2) is 23.9 Å². The topological polar surface area (TPSA) is 20.3 Å². The Morgan fingerprint density at radius 3 is 0.614 bits per heavy atom. The molecule has 44 heavy (non-hydrogen) atoms. The third-order valence-corrected chi connectivity index (χ3v) is 10.0. The molecular formula is C42H85NO. The van der Waals surface area contributed by atoms with Gasteiger partial charge >= 0.3 is 0 Å². The quantitative estimate of drug-likeness (QED) is 0.0630. The first kappa shape index (κ1) is 43.5. The van der Waals surface area contributed by atoms with Crippen molar-refractivity contribution in [2.24, 2.45) is 0 Å². The molecule has 0 rings (SSSR count). The maximum absolute atomic E-state index is 12.1. The smallest absolute Gasteiger partial charge is 0.219 e. The summed E-state index contributed by atoms with van der Waals surface area (Å²) < 4.78 is 0. The standard InChI is InChI=1S/C42H85NO/c1-4-6-8-10-12-14-16-18-20-22-24-26-28-30-32-34-36-38-40-43(42(3)44)41-39-37-35-33-31-29-27-25-23-21-19-17-15-13-11-9-7-5-2/h4-41H2,1-3H3. The van der Waals surface area contributed by atoms with Crippen molar-refractivity contribution in [1.82, 2.24) is 4.90 Å². The lowest BCUT2D eigenvalue weighted by Crippen LogP contribution is -2.30. The molecule has 0 aromatic carbocycles. The number of unbranched alkanes of at least 4 members (excludes halogenated alkanes) is 34.